The van der Waals surface area contributed by atoms with Crippen LogP contribution in [0.5, 0.6) is 0 Å². The van der Waals surface area contributed by atoms with E-state index in [2.05, 4.69) is 20.7 Å². The molecule has 1 amide bonds. The number of tetrazole rings is 1. The van der Waals surface area contributed by atoms with Gasteiger partial charge in [-0.1, -0.05) is 35.9 Å². The minimum atomic E-state index is -0.129. The number of nitrogens with zero attached hydrogens (tertiary/aromatic N) is 4. The standard InChI is InChI=1S/C16H14ClN5O/c1-18-16(23)12-6-4-5-11(9-12)10-22-20-15(19-21-22)13-7-2-3-8-14(13)17/h2-9H,10H2,1H3,(H,18,23). The van der Waals surface area contributed by atoms with Crippen LogP contribution in [0.25, 0.3) is 11.4 Å². The van der Waals surface area contributed by atoms with Crippen LogP contribution in [-0.4, -0.2) is 33.2 Å². The molecule has 0 aliphatic heterocycles. The predicted molar refractivity (Wildman–Crippen MR) is 87.2 cm³/mol. The van der Waals surface area contributed by atoms with E-state index >= 15 is 0 Å². The summed E-state index contributed by atoms with van der Waals surface area (Å²) in [5.74, 6) is 0.341. The van der Waals surface area contributed by atoms with Gasteiger partial charge in [-0.3, -0.25) is 4.79 Å². The van der Waals surface area contributed by atoms with Crippen molar-refractivity contribution in [1.29, 1.82) is 0 Å². The van der Waals surface area contributed by atoms with Crippen molar-refractivity contribution in [2.45, 2.75) is 6.54 Å². The van der Waals surface area contributed by atoms with Crippen LogP contribution in [0, 0.1) is 0 Å². The first-order valence-electron chi connectivity index (χ1n) is 7.01. The Hall–Kier alpha value is -2.73. The maximum atomic E-state index is 11.7. The number of carbonyl (C=O) groups excluding carboxylic acids is 1. The van der Waals surface area contributed by atoms with Gasteiger partial charge in [-0.05, 0) is 35.0 Å². The molecule has 0 unspecified atom stereocenters. The highest BCUT2D eigenvalue weighted by Crippen LogP contribution is 2.23. The lowest BCUT2D eigenvalue weighted by Crippen LogP contribution is -2.18. The van der Waals surface area contributed by atoms with Crippen LogP contribution < -0.4 is 5.32 Å². The molecule has 3 rings (SSSR count). The lowest BCUT2D eigenvalue weighted by Gasteiger charge is -2.03. The lowest BCUT2D eigenvalue weighted by atomic mass is 10.1. The number of aromatic nitrogens is 4. The molecule has 1 aromatic heterocycles. The summed E-state index contributed by atoms with van der Waals surface area (Å²) in [5.41, 5.74) is 2.24. The minimum absolute atomic E-state index is 0.129. The zero-order valence-corrected chi connectivity index (χ0v) is 13.2. The van der Waals surface area contributed by atoms with Crippen molar-refractivity contribution in [2.24, 2.45) is 0 Å². The summed E-state index contributed by atoms with van der Waals surface area (Å²) in [6.45, 7) is 0.419. The maximum absolute atomic E-state index is 11.7. The number of hydrogen-bond acceptors (Lipinski definition) is 4. The van der Waals surface area contributed by atoms with E-state index in [9.17, 15) is 4.79 Å². The normalized spacial score (nSPS) is 10.5. The van der Waals surface area contributed by atoms with E-state index < -0.39 is 0 Å². The molecule has 0 radical (unpaired) electrons. The fourth-order valence-electron chi connectivity index (χ4n) is 2.18. The van der Waals surface area contributed by atoms with Crippen LogP contribution in [0.2, 0.25) is 5.02 Å². The molecule has 0 saturated carbocycles. The third kappa shape index (κ3) is 3.37. The number of benzene rings is 2. The number of carbonyl (C=O) groups is 1. The topological polar surface area (TPSA) is 72.7 Å². The number of rotatable bonds is 4. The van der Waals surface area contributed by atoms with Crippen molar-refractivity contribution in [3.63, 3.8) is 0 Å². The molecule has 0 atom stereocenters. The van der Waals surface area contributed by atoms with E-state index in [0.717, 1.165) is 11.1 Å². The molecular weight excluding hydrogens is 314 g/mol. The zero-order chi connectivity index (χ0) is 16.2. The summed E-state index contributed by atoms with van der Waals surface area (Å²) < 4.78 is 0. The molecule has 0 aliphatic carbocycles. The van der Waals surface area contributed by atoms with Gasteiger partial charge in [0, 0.05) is 18.2 Å². The number of halogens is 1. The first kappa shape index (κ1) is 15.2. The van der Waals surface area contributed by atoms with Gasteiger partial charge >= 0.3 is 0 Å². The summed E-state index contributed by atoms with van der Waals surface area (Å²) in [6, 6.07) is 14.6. The van der Waals surface area contributed by atoms with Crippen LogP contribution in [0.1, 0.15) is 15.9 Å². The molecule has 0 saturated heterocycles. The molecule has 0 spiro atoms. The van der Waals surface area contributed by atoms with E-state index in [4.69, 9.17) is 11.6 Å². The van der Waals surface area contributed by atoms with Gasteiger partial charge in [-0.2, -0.15) is 4.80 Å². The molecule has 0 fully saturated rings. The smallest absolute Gasteiger partial charge is 0.251 e. The average molecular weight is 328 g/mol. The Morgan fingerprint density at radius 1 is 1.22 bits per heavy atom. The van der Waals surface area contributed by atoms with Crippen LogP contribution in [0.15, 0.2) is 48.5 Å². The van der Waals surface area contributed by atoms with Crippen LogP contribution in [-0.2, 0) is 6.54 Å². The SMILES string of the molecule is CNC(=O)c1cccc(Cn2nnc(-c3ccccc3Cl)n2)c1. The first-order valence-corrected chi connectivity index (χ1v) is 7.39. The van der Waals surface area contributed by atoms with Gasteiger partial charge in [0.15, 0.2) is 0 Å². The summed E-state index contributed by atoms with van der Waals surface area (Å²) in [7, 11) is 1.60. The third-order valence-electron chi connectivity index (χ3n) is 3.31. The number of amides is 1. The number of nitrogens with one attached hydrogen (secondary N) is 1. The van der Waals surface area contributed by atoms with E-state index in [1.54, 1.807) is 25.2 Å². The fourth-order valence-corrected chi connectivity index (χ4v) is 2.40. The molecule has 2 aromatic carbocycles. The Morgan fingerprint density at radius 2 is 2.04 bits per heavy atom. The Kier molecular flexibility index (Phi) is 4.34. The zero-order valence-electron chi connectivity index (χ0n) is 12.4. The molecule has 0 bridgehead atoms. The molecule has 6 nitrogen and oxygen atoms in total. The molecule has 3 aromatic rings. The molecule has 1 N–H and O–H groups in total. The second kappa shape index (κ2) is 6.58. The quantitative estimate of drug-likeness (QED) is 0.798. The van der Waals surface area contributed by atoms with Gasteiger partial charge in [0.25, 0.3) is 5.91 Å². The van der Waals surface area contributed by atoms with Gasteiger partial charge in [-0.15, -0.1) is 10.2 Å². The van der Waals surface area contributed by atoms with E-state index in [1.807, 2.05) is 30.3 Å². The summed E-state index contributed by atoms with van der Waals surface area (Å²) in [5, 5.41) is 15.6. The van der Waals surface area contributed by atoms with E-state index in [1.165, 1.54) is 4.80 Å². The minimum Gasteiger partial charge on any atom is -0.355 e. The monoisotopic (exact) mass is 327 g/mol. The highest BCUT2D eigenvalue weighted by Gasteiger charge is 2.10. The van der Waals surface area contributed by atoms with Crippen molar-refractivity contribution in [3.05, 3.63) is 64.7 Å². The highest BCUT2D eigenvalue weighted by molar-refractivity contribution is 6.33. The van der Waals surface area contributed by atoms with Crippen molar-refractivity contribution in [1.82, 2.24) is 25.5 Å². The van der Waals surface area contributed by atoms with Gasteiger partial charge < -0.3 is 5.32 Å². The van der Waals surface area contributed by atoms with Crippen molar-refractivity contribution in [2.75, 3.05) is 7.05 Å². The summed E-state index contributed by atoms with van der Waals surface area (Å²) >= 11 is 6.14. The Morgan fingerprint density at radius 3 is 2.83 bits per heavy atom. The van der Waals surface area contributed by atoms with Gasteiger partial charge in [0.2, 0.25) is 5.82 Å². The van der Waals surface area contributed by atoms with Crippen molar-refractivity contribution in [3.8, 4) is 11.4 Å². The third-order valence-corrected chi connectivity index (χ3v) is 3.64. The molecule has 0 aliphatic rings. The Labute approximate surface area is 138 Å². The Balaban J connectivity index is 1.82. The van der Waals surface area contributed by atoms with Gasteiger partial charge in [0.1, 0.15) is 0 Å². The van der Waals surface area contributed by atoms with Gasteiger partial charge in [-0.25, -0.2) is 0 Å². The maximum Gasteiger partial charge on any atom is 0.251 e. The lowest BCUT2D eigenvalue weighted by molar-refractivity contribution is 0.0963. The van der Waals surface area contributed by atoms with Gasteiger partial charge in [0.05, 0.1) is 11.6 Å². The largest absolute Gasteiger partial charge is 0.355 e. The first-order chi connectivity index (χ1) is 11.2. The number of hydrogen-bond donors (Lipinski definition) is 1. The van der Waals surface area contributed by atoms with Crippen molar-refractivity contribution < 1.29 is 4.79 Å². The molecule has 7 heteroatoms. The second-order valence-electron chi connectivity index (χ2n) is 4.90. The summed E-state index contributed by atoms with van der Waals surface area (Å²) in [6.07, 6.45) is 0. The van der Waals surface area contributed by atoms with E-state index in [0.29, 0.717) is 23.0 Å². The molecule has 23 heavy (non-hydrogen) atoms. The van der Waals surface area contributed by atoms with E-state index in [-0.39, 0.29) is 5.91 Å². The molecule has 1 heterocycles. The predicted octanol–water partition coefficient (Wildman–Crippen LogP) is 2.40. The van der Waals surface area contributed by atoms with Crippen LogP contribution >= 0.6 is 11.6 Å². The second-order valence-corrected chi connectivity index (χ2v) is 5.31. The van der Waals surface area contributed by atoms with Crippen molar-refractivity contribution >= 4 is 17.5 Å². The fraction of sp³-hybridized carbons (Fsp3) is 0.125. The molecule has 116 valence electrons. The Bertz CT molecular complexity index is 846. The van der Waals surface area contributed by atoms with Crippen LogP contribution in [0.4, 0.5) is 0 Å². The molecular formula is C16H14ClN5O. The summed E-state index contributed by atoms with van der Waals surface area (Å²) in [4.78, 5) is 13.1. The van der Waals surface area contributed by atoms with Crippen LogP contribution in [0.3, 0.4) is 0 Å². The highest BCUT2D eigenvalue weighted by atomic mass is 35.5. The average Bonchev–Trinajstić information content (AvgIpc) is 3.03.